The molecule has 19 heavy (non-hydrogen) atoms. The highest BCUT2D eigenvalue weighted by atomic mass is 15.2. The molecule has 3 N–H and O–H groups in total. The van der Waals surface area contributed by atoms with Gasteiger partial charge in [-0.3, -0.25) is 5.41 Å². The van der Waals surface area contributed by atoms with E-state index in [1.807, 2.05) is 12.1 Å². The van der Waals surface area contributed by atoms with Gasteiger partial charge in [0.1, 0.15) is 17.3 Å². The largest absolute Gasteiger partial charge is 0.382 e. The van der Waals surface area contributed by atoms with Crippen molar-refractivity contribution < 1.29 is 0 Å². The maximum absolute atomic E-state index is 7.47. The molecule has 1 aromatic rings. The van der Waals surface area contributed by atoms with Crippen LogP contribution in [0.3, 0.4) is 0 Å². The van der Waals surface area contributed by atoms with Crippen LogP contribution in [0.5, 0.6) is 0 Å². The molecule has 0 aromatic carbocycles. The number of nitrogens with zero attached hydrogens (tertiary/aromatic N) is 2. The second-order valence-corrected chi connectivity index (χ2v) is 5.49. The van der Waals surface area contributed by atoms with Gasteiger partial charge in [0.05, 0.1) is 0 Å². The number of amidine groups is 1. The van der Waals surface area contributed by atoms with Gasteiger partial charge in [0, 0.05) is 13.1 Å². The van der Waals surface area contributed by atoms with Crippen molar-refractivity contribution in [2.24, 2.45) is 11.1 Å². The van der Waals surface area contributed by atoms with Crippen molar-refractivity contribution in [3.63, 3.8) is 0 Å². The third kappa shape index (κ3) is 2.88. The van der Waals surface area contributed by atoms with Crippen LogP contribution in [0.1, 0.15) is 45.2 Å². The van der Waals surface area contributed by atoms with Crippen LogP contribution in [0.15, 0.2) is 18.2 Å². The van der Waals surface area contributed by atoms with Crippen LogP contribution >= 0.6 is 0 Å². The van der Waals surface area contributed by atoms with Gasteiger partial charge in [-0.15, -0.1) is 0 Å². The van der Waals surface area contributed by atoms with E-state index in [2.05, 4.69) is 23.7 Å². The van der Waals surface area contributed by atoms with Crippen molar-refractivity contribution in [2.45, 2.75) is 39.5 Å². The standard InChI is InChI=1S/C15H24N4/c1-3-15(4-2)8-10-19(11-9-15)13-7-5-6-12(18-13)14(16)17/h5-7H,3-4,8-11H2,1-2H3,(H3,16,17). The van der Waals surface area contributed by atoms with E-state index in [9.17, 15) is 0 Å². The summed E-state index contributed by atoms with van der Waals surface area (Å²) < 4.78 is 0. The molecule has 1 saturated heterocycles. The highest BCUT2D eigenvalue weighted by Gasteiger charge is 2.31. The molecule has 2 rings (SSSR count). The van der Waals surface area contributed by atoms with Gasteiger partial charge in [-0.05, 0) is 30.4 Å². The molecule has 104 valence electrons. The molecule has 0 amide bonds. The number of rotatable bonds is 4. The molecule has 1 fully saturated rings. The van der Waals surface area contributed by atoms with Crippen LogP contribution in [0.4, 0.5) is 5.82 Å². The van der Waals surface area contributed by atoms with E-state index in [1.54, 1.807) is 6.07 Å². The molecule has 2 heterocycles. The third-order valence-corrected chi connectivity index (χ3v) is 4.66. The summed E-state index contributed by atoms with van der Waals surface area (Å²) in [4.78, 5) is 6.79. The normalized spacial score (nSPS) is 18.3. The third-order valence-electron chi connectivity index (χ3n) is 4.66. The van der Waals surface area contributed by atoms with E-state index in [0.717, 1.165) is 18.9 Å². The van der Waals surface area contributed by atoms with Gasteiger partial charge < -0.3 is 10.6 Å². The summed E-state index contributed by atoms with van der Waals surface area (Å²) in [5.41, 5.74) is 6.59. The fraction of sp³-hybridized carbons (Fsp3) is 0.600. The first kappa shape index (κ1) is 13.8. The summed E-state index contributed by atoms with van der Waals surface area (Å²) in [6.45, 7) is 6.70. The van der Waals surface area contributed by atoms with Gasteiger partial charge in [0.25, 0.3) is 0 Å². The lowest BCUT2D eigenvalue weighted by Crippen LogP contribution is -2.40. The van der Waals surface area contributed by atoms with Gasteiger partial charge >= 0.3 is 0 Å². The number of hydrogen-bond donors (Lipinski definition) is 2. The van der Waals surface area contributed by atoms with Crippen LogP contribution in [-0.2, 0) is 0 Å². The van der Waals surface area contributed by atoms with Crippen molar-refractivity contribution in [1.82, 2.24) is 4.98 Å². The summed E-state index contributed by atoms with van der Waals surface area (Å²) in [5, 5.41) is 7.47. The average molecular weight is 260 g/mol. The fourth-order valence-electron chi connectivity index (χ4n) is 2.92. The molecule has 1 aromatic heterocycles. The first-order valence-electron chi connectivity index (χ1n) is 7.16. The van der Waals surface area contributed by atoms with Crippen LogP contribution in [-0.4, -0.2) is 23.9 Å². The Morgan fingerprint density at radius 3 is 2.47 bits per heavy atom. The molecular formula is C15H24N4. The maximum Gasteiger partial charge on any atom is 0.141 e. The van der Waals surface area contributed by atoms with Crippen LogP contribution in [0.2, 0.25) is 0 Å². The number of nitrogen functional groups attached to an aromatic ring is 1. The van der Waals surface area contributed by atoms with Crippen molar-refractivity contribution >= 4 is 11.7 Å². The zero-order valence-electron chi connectivity index (χ0n) is 11.9. The summed E-state index contributed by atoms with van der Waals surface area (Å²) in [7, 11) is 0. The Kier molecular flexibility index (Phi) is 4.08. The van der Waals surface area contributed by atoms with Gasteiger partial charge in [0.2, 0.25) is 0 Å². The second-order valence-electron chi connectivity index (χ2n) is 5.49. The van der Waals surface area contributed by atoms with Gasteiger partial charge in [-0.25, -0.2) is 4.98 Å². The Morgan fingerprint density at radius 1 is 1.32 bits per heavy atom. The summed E-state index contributed by atoms with van der Waals surface area (Å²) in [6, 6.07) is 5.73. The Balaban J connectivity index is 2.09. The van der Waals surface area contributed by atoms with E-state index in [1.165, 1.54) is 25.7 Å². The minimum atomic E-state index is 0.0373. The minimum absolute atomic E-state index is 0.0373. The quantitative estimate of drug-likeness (QED) is 0.646. The van der Waals surface area contributed by atoms with Crippen LogP contribution in [0.25, 0.3) is 0 Å². The first-order valence-corrected chi connectivity index (χ1v) is 7.16. The Labute approximate surface area is 115 Å². The van der Waals surface area contributed by atoms with Gasteiger partial charge in [-0.2, -0.15) is 0 Å². The predicted molar refractivity (Wildman–Crippen MR) is 79.7 cm³/mol. The molecule has 0 radical (unpaired) electrons. The monoisotopic (exact) mass is 260 g/mol. The van der Waals surface area contributed by atoms with Gasteiger partial charge in [0.15, 0.2) is 0 Å². The van der Waals surface area contributed by atoms with Crippen LogP contribution in [0, 0.1) is 10.8 Å². The van der Waals surface area contributed by atoms with Crippen molar-refractivity contribution in [2.75, 3.05) is 18.0 Å². The summed E-state index contributed by atoms with van der Waals surface area (Å²) in [6.07, 6.45) is 4.98. The maximum atomic E-state index is 7.47. The van der Waals surface area contributed by atoms with E-state index in [0.29, 0.717) is 11.1 Å². The molecule has 4 heteroatoms. The number of aromatic nitrogens is 1. The van der Waals surface area contributed by atoms with E-state index >= 15 is 0 Å². The van der Waals surface area contributed by atoms with Gasteiger partial charge in [-0.1, -0.05) is 32.8 Å². The number of hydrogen-bond acceptors (Lipinski definition) is 3. The van der Waals surface area contributed by atoms with Crippen molar-refractivity contribution in [3.05, 3.63) is 23.9 Å². The number of anilines is 1. The zero-order valence-corrected chi connectivity index (χ0v) is 11.9. The second kappa shape index (κ2) is 5.59. The van der Waals surface area contributed by atoms with Crippen LogP contribution < -0.4 is 10.6 Å². The number of nitrogens with one attached hydrogen (secondary N) is 1. The Morgan fingerprint density at radius 2 is 1.95 bits per heavy atom. The summed E-state index contributed by atoms with van der Waals surface area (Å²) >= 11 is 0. The lowest BCUT2D eigenvalue weighted by molar-refractivity contribution is 0.199. The number of piperidine rings is 1. The molecule has 0 spiro atoms. The highest BCUT2D eigenvalue weighted by Crippen LogP contribution is 2.38. The molecular weight excluding hydrogens is 236 g/mol. The Hall–Kier alpha value is -1.58. The first-order chi connectivity index (χ1) is 9.10. The fourth-order valence-corrected chi connectivity index (χ4v) is 2.92. The molecule has 0 atom stereocenters. The topological polar surface area (TPSA) is 66.0 Å². The predicted octanol–water partition coefficient (Wildman–Crippen LogP) is 2.77. The lowest BCUT2D eigenvalue weighted by Gasteiger charge is -2.41. The van der Waals surface area contributed by atoms with E-state index in [-0.39, 0.29) is 5.84 Å². The molecule has 0 bridgehead atoms. The zero-order chi connectivity index (χ0) is 13.9. The molecule has 1 aliphatic heterocycles. The molecule has 0 aliphatic carbocycles. The molecule has 4 nitrogen and oxygen atoms in total. The SMILES string of the molecule is CCC1(CC)CCN(c2cccc(C(=N)N)n2)CC1. The molecule has 1 aliphatic rings. The van der Waals surface area contributed by atoms with Crippen molar-refractivity contribution in [1.29, 1.82) is 5.41 Å². The minimum Gasteiger partial charge on any atom is -0.382 e. The molecule has 0 saturated carbocycles. The summed E-state index contributed by atoms with van der Waals surface area (Å²) in [5.74, 6) is 0.990. The van der Waals surface area contributed by atoms with Crippen molar-refractivity contribution in [3.8, 4) is 0 Å². The smallest absolute Gasteiger partial charge is 0.141 e. The number of nitrogens with two attached hydrogens (primary N) is 1. The molecule has 0 unspecified atom stereocenters. The van der Waals surface area contributed by atoms with E-state index < -0.39 is 0 Å². The lowest BCUT2D eigenvalue weighted by atomic mass is 9.74. The number of pyridine rings is 1. The highest BCUT2D eigenvalue weighted by molar-refractivity contribution is 5.93. The Bertz CT molecular complexity index is 441. The average Bonchev–Trinajstić information content (AvgIpc) is 2.47. The van der Waals surface area contributed by atoms with E-state index in [4.69, 9.17) is 11.1 Å².